The van der Waals surface area contributed by atoms with Crippen LogP contribution in [0.3, 0.4) is 0 Å². The molecule has 2 aromatic rings. The number of benzene rings is 1. The molecule has 1 atom stereocenters. The largest absolute Gasteiger partial charge is 0.433 e. The number of amides is 1. The number of nitrogens with one attached hydrogen (secondary N) is 1. The van der Waals surface area contributed by atoms with E-state index in [0.29, 0.717) is 18.7 Å². The van der Waals surface area contributed by atoms with Gasteiger partial charge in [0, 0.05) is 18.7 Å². The highest BCUT2D eigenvalue weighted by Crippen LogP contribution is 2.31. The number of nitrogens with zero attached hydrogens (tertiary/aromatic N) is 2. The molecule has 0 radical (unpaired) electrons. The summed E-state index contributed by atoms with van der Waals surface area (Å²) < 4.78 is 44.9. The summed E-state index contributed by atoms with van der Waals surface area (Å²) in [7, 11) is 0. The fourth-order valence-electron chi connectivity index (χ4n) is 2.61. The Bertz CT molecular complexity index is 781. The van der Waals surface area contributed by atoms with Gasteiger partial charge in [-0.15, -0.1) is 0 Å². The maximum absolute atomic E-state index is 13.2. The Labute approximate surface area is 158 Å². The third kappa shape index (κ3) is 5.67. The van der Waals surface area contributed by atoms with E-state index in [2.05, 4.69) is 15.3 Å². The van der Waals surface area contributed by atoms with Crippen molar-refractivity contribution in [1.29, 1.82) is 0 Å². The van der Waals surface area contributed by atoms with Crippen LogP contribution in [0.2, 0.25) is 0 Å². The number of halogens is 3. The maximum Gasteiger partial charge on any atom is 0.433 e. The predicted octanol–water partition coefficient (Wildman–Crippen LogP) is 3.55. The van der Waals surface area contributed by atoms with Crippen LogP contribution >= 0.6 is 11.8 Å². The average Bonchev–Trinajstić information content (AvgIpc) is 3.18. The van der Waals surface area contributed by atoms with Crippen LogP contribution in [0.5, 0.6) is 0 Å². The van der Waals surface area contributed by atoms with E-state index < -0.39 is 11.9 Å². The van der Waals surface area contributed by atoms with Gasteiger partial charge in [-0.2, -0.15) is 13.2 Å². The second-order valence-electron chi connectivity index (χ2n) is 6.01. The highest BCUT2D eigenvalue weighted by Gasteiger charge is 2.34. The number of hydrogen-bond acceptors (Lipinski definition) is 5. The van der Waals surface area contributed by atoms with Crippen LogP contribution in [0.15, 0.2) is 41.6 Å². The Balaban J connectivity index is 1.69. The summed E-state index contributed by atoms with van der Waals surface area (Å²) in [5, 5.41) is 2.64. The quantitative estimate of drug-likeness (QED) is 0.597. The van der Waals surface area contributed by atoms with Crippen molar-refractivity contribution in [1.82, 2.24) is 15.3 Å². The number of alkyl halides is 3. The molecule has 5 nitrogen and oxygen atoms in total. The van der Waals surface area contributed by atoms with Gasteiger partial charge in [0.25, 0.3) is 0 Å². The summed E-state index contributed by atoms with van der Waals surface area (Å²) >= 11 is 0.875. The Kier molecular flexibility index (Phi) is 6.33. The topological polar surface area (TPSA) is 64.1 Å². The molecule has 9 heteroatoms. The van der Waals surface area contributed by atoms with Gasteiger partial charge in [-0.05, 0) is 18.9 Å². The molecule has 1 aliphatic heterocycles. The molecule has 0 aliphatic carbocycles. The standard InChI is InChI=1S/C18H18F3N3O2S/c19-18(20,21)15-9-14(12-5-2-1-3-6-12)23-17(24-15)27-11-16(25)22-10-13-7-4-8-26-13/h1-3,5-6,9,13H,4,7-8,10-11H2,(H,22,25). The lowest BCUT2D eigenvalue weighted by Gasteiger charge is -2.12. The molecule has 2 heterocycles. The van der Waals surface area contributed by atoms with Crippen molar-refractivity contribution < 1.29 is 22.7 Å². The van der Waals surface area contributed by atoms with E-state index in [0.717, 1.165) is 30.7 Å². The summed E-state index contributed by atoms with van der Waals surface area (Å²) in [4.78, 5) is 19.7. The van der Waals surface area contributed by atoms with E-state index in [1.165, 1.54) is 0 Å². The SMILES string of the molecule is O=C(CSc1nc(-c2ccccc2)cc(C(F)(F)F)n1)NCC1CCCO1. The second kappa shape index (κ2) is 8.71. The molecule has 1 N–H and O–H groups in total. The zero-order chi connectivity index (χ0) is 19.3. The molecule has 27 heavy (non-hydrogen) atoms. The first-order chi connectivity index (χ1) is 12.9. The molecule has 0 bridgehead atoms. The van der Waals surface area contributed by atoms with Crippen molar-refractivity contribution in [2.24, 2.45) is 0 Å². The van der Waals surface area contributed by atoms with Gasteiger partial charge < -0.3 is 10.1 Å². The first-order valence-electron chi connectivity index (χ1n) is 8.44. The molecule has 1 aliphatic rings. The number of thioether (sulfide) groups is 1. The van der Waals surface area contributed by atoms with Crippen molar-refractivity contribution in [3.63, 3.8) is 0 Å². The molecule has 1 amide bonds. The van der Waals surface area contributed by atoms with Gasteiger partial charge in [-0.3, -0.25) is 4.79 Å². The van der Waals surface area contributed by atoms with Gasteiger partial charge in [0.2, 0.25) is 5.91 Å². The summed E-state index contributed by atoms with van der Waals surface area (Å²) in [6.45, 7) is 1.09. The number of carbonyl (C=O) groups excluding carboxylic acids is 1. The van der Waals surface area contributed by atoms with Crippen LogP contribution in [0.4, 0.5) is 13.2 Å². The summed E-state index contributed by atoms with van der Waals surface area (Å²) in [5.41, 5.74) is -0.311. The minimum absolute atomic E-state index is 0.00782. The van der Waals surface area contributed by atoms with E-state index in [-0.39, 0.29) is 28.6 Å². The molecule has 1 unspecified atom stereocenters. The van der Waals surface area contributed by atoms with Crippen LogP contribution in [0.1, 0.15) is 18.5 Å². The Morgan fingerprint density at radius 2 is 2.04 bits per heavy atom. The summed E-state index contributed by atoms with van der Waals surface area (Å²) in [6.07, 6.45) is -2.72. The summed E-state index contributed by atoms with van der Waals surface area (Å²) in [6, 6.07) is 9.46. The lowest BCUT2D eigenvalue weighted by atomic mass is 10.1. The molecule has 1 aromatic heterocycles. The average molecular weight is 397 g/mol. The zero-order valence-electron chi connectivity index (χ0n) is 14.3. The van der Waals surface area contributed by atoms with E-state index in [1.807, 2.05) is 0 Å². The molecular weight excluding hydrogens is 379 g/mol. The third-order valence-corrected chi connectivity index (χ3v) is 4.80. The molecule has 0 spiro atoms. The van der Waals surface area contributed by atoms with Gasteiger partial charge in [-0.1, -0.05) is 42.1 Å². The van der Waals surface area contributed by atoms with E-state index in [1.54, 1.807) is 30.3 Å². The van der Waals surface area contributed by atoms with Crippen LogP contribution < -0.4 is 5.32 Å². The molecule has 1 aromatic carbocycles. The first-order valence-corrected chi connectivity index (χ1v) is 9.43. The number of carbonyl (C=O) groups is 1. The van der Waals surface area contributed by atoms with E-state index >= 15 is 0 Å². The summed E-state index contributed by atoms with van der Waals surface area (Å²) in [5.74, 6) is -0.361. The van der Waals surface area contributed by atoms with Gasteiger partial charge in [0.1, 0.15) is 5.69 Å². The number of aromatic nitrogens is 2. The van der Waals surface area contributed by atoms with Crippen LogP contribution in [-0.4, -0.2) is 40.9 Å². The smallest absolute Gasteiger partial charge is 0.376 e. The minimum Gasteiger partial charge on any atom is -0.376 e. The fraction of sp³-hybridized carbons (Fsp3) is 0.389. The van der Waals surface area contributed by atoms with Crippen molar-refractivity contribution in [3.05, 3.63) is 42.1 Å². The number of rotatable bonds is 6. The first kappa shape index (κ1) is 19.6. The minimum atomic E-state index is -4.59. The van der Waals surface area contributed by atoms with Gasteiger partial charge >= 0.3 is 6.18 Å². The van der Waals surface area contributed by atoms with Crippen LogP contribution in [-0.2, 0) is 15.7 Å². The molecule has 1 fully saturated rings. The van der Waals surface area contributed by atoms with Gasteiger partial charge in [-0.25, -0.2) is 9.97 Å². The van der Waals surface area contributed by atoms with Crippen molar-refractivity contribution in [3.8, 4) is 11.3 Å². The lowest BCUT2D eigenvalue weighted by molar-refractivity contribution is -0.141. The van der Waals surface area contributed by atoms with Crippen LogP contribution in [0, 0.1) is 0 Å². The van der Waals surface area contributed by atoms with Crippen LogP contribution in [0.25, 0.3) is 11.3 Å². The van der Waals surface area contributed by atoms with Crippen molar-refractivity contribution in [2.45, 2.75) is 30.3 Å². The Morgan fingerprint density at radius 1 is 1.26 bits per heavy atom. The van der Waals surface area contributed by atoms with Gasteiger partial charge in [0.15, 0.2) is 5.16 Å². The number of ether oxygens (including phenoxy) is 1. The molecule has 144 valence electrons. The Morgan fingerprint density at radius 3 is 2.70 bits per heavy atom. The number of hydrogen-bond donors (Lipinski definition) is 1. The molecule has 3 rings (SSSR count). The van der Waals surface area contributed by atoms with Crippen molar-refractivity contribution in [2.75, 3.05) is 18.9 Å². The normalized spacial score (nSPS) is 17.1. The lowest BCUT2D eigenvalue weighted by Crippen LogP contribution is -2.32. The molecule has 1 saturated heterocycles. The zero-order valence-corrected chi connectivity index (χ0v) is 15.1. The van der Waals surface area contributed by atoms with E-state index in [4.69, 9.17) is 4.74 Å². The maximum atomic E-state index is 13.2. The third-order valence-electron chi connectivity index (χ3n) is 3.95. The Hall–Kier alpha value is -2.13. The van der Waals surface area contributed by atoms with Gasteiger partial charge in [0.05, 0.1) is 17.6 Å². The highest BCUT2D eigenvalue weighted by atomic mass is 32.2. The molecular formula is C18H18F3N3O2S. The van der Waals surface area contributed by atoms with E-state index in [9.17, 15) is 18.0 Å². The monoisotopic (exact) mass is 397 g/mol. The van der Waals surface area contributed by atoms with Crippen molar-refractivity contribution >= 4 is 17.7 Å². The molecule has 0 saturated carbocycles. The highest BCUT2D eigenvalue weighted by molar-refractivity contribution is 7.99. The second-order valence-corrected chi connectivity index (χ2v) is 6.96. The fourth-order valence-corrected chi connectivity index (χ4v) is 3.29. The predicted molar refractivity (Wildman–Crippen MR) is 95.2 cm³/mol.